The molecule has 0 radical (unpaired) electrons. The van der Waals surface area contributed by atoms with E-state index in [2.05, 4.69) is 13.0 Å². The Morgan fingerprint density at radius 2 is 1.34 bits per heavy atom. The summed E-state index contributed by atoms with van der Waals surface area (Å²) in [7, 11) is 0. The van der Waals surface area contributed by atoms with E-state index in [9.17, 15) is 8.78 Å². The highest BCUT2D eigenvalue weighted by Crippen LogP contribution is 2.40. The first-order valence-corrected chi connectivity index (χ1v) is 14.6. The van der Waals surface area contributed by atoms with Crippen molar-refractivity contribution in [2.24, 2.45) is 17.8 Å². The maximum Gasteiger partial charge on any atom is 0.142 e. The van der Waals surface area contributed by atoms with Crippen LogP contribution in [0.15, 0.2) is 36.4 Å². The molecule has 0 aromatic heterocycles. The molecule has 2 aliphatic rings. The van der Waals surface area contributed by atoms with Gasteiger partial charge in [0.2, 0.25) is 0 Å². The van der Waals surface area contributed by atoms with Crippen LogP contribution in [0.1, 0.15) is 113 Å². The molecular weight excluding hydrogens is 458 g/mol. The predicted molar refractivity (Wildman–Crippen MR) is 144 cm³/mol. The number of hydrogen-bond donors (Lipinski definition) is 0. The summed E-state index contributed by atoms with van der Waals surface area (Å²) in [6, 6.07) is 10.7. The molecular formula is C32H43ClF2. The van der Waals surface area contributed by atoms with E-state index in [1.807, 2.05) is 12.1 Å². The fraction of sp³-hybridized carbons (Fsp3) is 0.625. The Morgan fingerprint density at radius 3 is 1.94 bits per heavy atom. The summed E-state index contributed by atoms with van der Waals surface area (Å²) in [6.45, 7) is 2.31. The predicted octanol–water partition coefficient (Wildman–Crippen LogP) is 10.5. The van der Waals surface area contributed by atoms with Crippen molar-refractivity contribution in [1.82, 2.24) is 0 Å². The molecule has 3 heteroatoms. The van der Waals surface area contributed by atoms with Crippen LogP contribution in [0.3, 0.4) is 0 Å². The summed E-state index contributed by atoms with van der Waals surface area (Å²) in [5, 5.41) is 0.129. The number of benzene rings is 2. The zero-order chi connectivity index (χ0) is 24.6. The molecule has 2 fully saturated rings. The maximum atomic E-state index is 14.9. The molecule has 0 spiro atoms. The largest absolute Gasteiger partial charge is 0.207 e. The van der Waals surface area contributed by atoms with Crippen molar-refractivity contribution >= 4 is 11.6 Å². The normalized spacial score (nSPS) is 25.0. The minimum Gasteiger partial charge on any atom is -0.207 e. The molecule has 0 heterocycles. The van der Waals surface area contributed by atoms with E-state index in [4.69, 9.17) is 11.6 Å². The van der Waals surface area contributed by atoms with Gasteiger partial charge < -0.3 is 0 Å². The highest BCUT2D eigenvalue weighted by molar-refractivity contribution is 6.30. The van der Waals surface area contributed by atoms with E-state index < -0.39 is 5.82 Å². The van der Waals surface area contributed by atoms with Crippen LogP contribution < -0.4 is 0 Å². The van der Waals surface area contributed by atoms with Gasteiger partial charge in [-0.05, 0) is 97.1 Å². The van der Waals surface area contributed by atoms with E-state index in [0.717, 1.165) is 28.9 Å². The molecule has 0 atom stereocenters. The third-order valence-electron chi connectivity index (χ3n) is 8.98. The van der Waals surface area contributed by atoms with Gasteiger partial charge in [0.05, 0.1) is 5.02 Å². The maximum absolute atomic E-state index is 14.9. The van der Waals surface area contributed by atoms with E-state index >= 15 is 0 Å². The van der Waals surface area contributed by atoms with E-state index in [1.54, 1.807) is 12.1 Å². The minimum absolute atomic E-state index is 0.117. The van der Waals surface area contributed by atoms with Crippen molar-refractivity contribution < 1.29 is 8.78 Å². The first-order chi connectivity index (χ1) is 17.0. The van der Waals surface area contributed by atoms with Gasteiger partial charge in [-0.1, -0.05) is 94.5 Å². The molecule has 2 aliphatic carbocycles. The van der Waals surface area contributed by atoms with Crippen LogP contribution in [-0.4, -0.2) is 0 Å². The SMILES string of the molecule is CCCC[C@H]1CC[C@H](CCC2CCC(c3ccc(CCc4ccc(Cl)c(F)c4)c(F)c3)CC2)CC1. The average molecular weight is 501 g/mol. The van der Waals surface area contributed by atoms with Crippen molar-refractivity contribution in [1.29, 1.82) is 0 Å². The first-order valence-electron chi connectivity index (χ1n) is 14.2. The van der Waals surface area contributed by atoms with E-state index in [1.165, 1.54) is 89.5 Å². The van der Waals surface area contributed by atoms with Crippen molar-refractivity contribution in [2.45, 2.75) is 109 Å². The Morgan fingerprint density at radius 1 is 0.714 bits per heavy atom. The van der Waals surface area contributed by atoms with Gasteiger partial charge in [0.15, 0.2) is 0 Å². The van der Waals surface area contributed by atoms with Gasteiger partial charge in [0, 0.05) is 0 Å². The standard InChI is InChI=1S/C32H43ClF2/c1-2-3-4-23-5-7-24(8-6-23)9-10-25-11-15-27(16-12-25)29-19-18-28(31(34)22-29)17-13-26-14-20-30(33)32(35)21-26/h14,18-25,27H,2-13,15-17H2,1H3/t23-,24-,25?,27?. The Balaban J connectivity index is 1.18. The molecule has 0 nitrogen and oxygen atoms in total. The highest BCUT2D eigenvalue weighted by atomic mass is 35.5. The molecule has 2 saturated carbocycles. The Bertz CT molecular complexity index is 923. The summed E-state index contributed by atoms with van der Waals surface area (Å²) in [5.74, 6) is 2.81. The van der Waals surface area contributed by atoms with Crippen LogP contribution in [0.2, 0.25) is 5.02 Å². The Kier molecular flexibility index (Phi) is 10.1. The van der Waals surface area contributed by atoms with Gasteiger partial charge in [0.25, 0.3) is 0 Å². The number of hydrogen-bond acceptors (Lipinski definition) is 0. The summed E-state index contributed by atoms with van der Waals surface area (Å²) < 4.78 is 28.5. The van der Waals surface area contributed by atoms with Gasteiger partial charge in [-0.25, -0.2) is 8.78 Å². The minimum atomic E-state index is -0.412. The zero-order valence-corrected chi connectivity index (χ0v) is 22.3. The van der Waals surface area contributed by atoms with E-state index in [0.29, 0.717) is 24.3 Å². The van der Waals surface area contributed by atoms with Gasteiger partial charge in [-0.3, -0.25) is 0 Å². The monoisotopic (exact) mass is 500 g/mol. The summed E-state index contributed by atoms with van der Waals surface area (Å²) >= 11 is 5.76. The van der Waals surface area contributed by atoms with Gasteiger partial charge in [-0.15, -0.1) is 0 Å². The lowest BCUT2D eigenvalue weighted by atomic mass is 9.74. The molecule has 2 aromatic rings. The second kappa shape index (κ2) is 13.2. The zero-order valence-electron chi connectivity index (χ0n) is 21.5. The third-order valence-corrected chi connectivity index (χ3v) is 9.28. The Hall–Kier alpha value is -1.41. The lowest BCUT2D eigenvalue weighted by Gasteiger charge is -2.32. The fourth-order valence-electron chi connectivity index (χ4n) is 6.55. The molecule has 0 saturated heterocycles. The van der Waals surface area contributed by atoms with Crippen LogP contribution >= 0.6 is 11.6 Å². The van der Waals surface area contributed by atoms with Crippen molar-refractivity contribution in [2.75, 3.05) is 0 Å². The summed E-state index contributed by atoms with van der Waals surface area (Å²) in [5.41, 5.74) is 2.72. The topological polar surface area (TPSA) is 0 Å². The Labute approximate surface area is 216 Å². The van der Waals surface area contributed by atoms with Gasteiger partial charge >= 0.3 is 0 Å². The number of rotatable bonds is 10. The van der Waals surface area contributed by atoms with Gasteiger partial charge in [0.1, 0.15) is 11.6 Å². The van der Waals surface area contributed by atoms with Crippen molar-refractivity contribution in [3.05, 3.63) is 69.7 Å². The highest BCUT2D eigenvalue weighted by Gasteiger charge is 2.25. The van der Waals surface area contributed by atoms with Gasteiger partial charge in [-0.2, -0.15) is 0 Å². The molecule has 0 aliphatic heterocycles. The second-order valence-corrected chi connectivity index (χ2v) is 11.8. The first kappa shape index (κ1) is 26.6. The van der Waals surface area contributed by atoms with Crippen LogP contribution in [0.4, 0.5) is 8.78 Å². The van der Waals surface area contributed by atoms with Crippen molar-refractivity contribution in [3.8, 4) is 0 Å². The molecule has 0 N–H and O–H groups in total. The molecule has 4 rings (SSSR count). The molecule has 0 amide bonds. The van der Waals surface area contributed by atoms with Crippen molar-refractivity contribution in [3.63, 3.8) is 0 Å². The molecule has 192 valence electrons. The van der Waals surface area contributed by atoms with Crippen LogP contribution in [0, 0.1) is 29.4 Å². The molecule has 35 heavy (non-hydrogen) atoms. The average Bonchev–Trinajstić information content (AvgIpc) is 2.88. The lowest BCUT2D eigenvalue weighted by molar-refractivity contribution is 0.222. The van der Waals surface area contributed by atoms with E-state index in [-0.39, 0.29) is 10.8 Å². The fourth-order valence-corrected chi connectivity index (χ4v) is 6.67. The third kappa shape index (κ3) is 7.78. The lowest BCUT2D eigenvalue weighted by Crippen LogP contribution is -2.18. The molecule has 0 unspecified atom stereocenters. The van der Waals surface area contributed by atoms with Crippen LogP contribution in [-0.2, 0) is 12.8 Å². The summed E-state index contributed by atoms with van der Waals surface area (Å²) in [6.07, 6.45) is 19.0. The second-order valence-electron chi connectivity index (χ2n) is 11.4. The number of aryl methyl sites for hydroxylation is 2. The quantitative estimate of drug-likeness (QED) is 0.304. The number of halogens is 3. The molecule has 2 aromatic carbocycles. The smallest absolute Gasteiger partial charge is 0.142 e. The van der Waals surface area contributed by atoms with Crippen LogP contribution in [0.25, 0.3) is 0 Å². The molecule has 0 bridgehead atoms. The number of unbranched alkanes of at least 4 members (excludes halogenated alkanes) is 1. The van der Waals surface area contributed by atoms with Crippen LogP contribution in [0.5, 0.6) is 0 Å². The summed E-state index contributed by atoms with van der Waals surface area (Å²) in [4.78, 5) is 0.